The first kappa shape index (κ1) is 29.5. The molecule has 4 amide bonds. The topological polar surface area (TPSA) is 74.8 Å². The summed E-state index contributed by atoms with van der Waals surface area (Å²) in [5.74, 6) is -1.49. The van der Waals surface area contributed by atoms with E-state index in [4.69, 9.17) is 0 Å². The standard InChI is InChI=1S/C38H38N2O4/c1-19(2)23-11-9-12-24(20(3)4)33(23)39-35(41)27-15-17-29-32-30(18-16-28(31(27)32)36(39)42)38(44)40(37(29)43)34-25(21(5)6)13-10-14-26(34)22(7)8/h9-22H,1-8H3. The molecule has 6 heteroatoms. The summed E-state index contributed by atoms with van der Waals surface area (Å²) in [6.45, 7) is 16.4. The maximum absolute atomic E-state index is 14.3. The van der Waals surface area contributed by atoms with Gasteiger partial charge in [0.1, 0.15) is 0 Å². The van der Waals surface area contributed by atoms with Crippen molar-refractivity contribution in [3.8, 4) is 0 Å². The summed E-state index contributed by atoms with van der Waals surface area (Å²) < 4.78 is 0. The number of carbonyl (C=O) groups excluding carboxylic acids is 4. The lowest BCUT2D eigenvalue weighted by Crippen LogP contribution is -2.44. The number of hydrogen-bond acceptors (Lipinski definition) is 4. The van der Waals surface area contributed by atoms with Gasteiger partial charge in [0.2, 0.25) is 0 Å². The number of rotatable bonds is 6. The zero-order chi connectivity index (χ0) is 31.8. The zero-order valence-corrected chi connectivity index (χ0v) is 26.6. The second kappa shape index (κ2) is 10.5. The van der Waals surface area contributed by atoms with Gasteiger partial charge in [-0.3, -0.25) is 19.2 Å². The predicted molar refractivity (Wildman–Crippen MR) is 175 cm³/mol. The summed E-state index contributed by atoms with van der Waals surface area (Å²) in [5.41, 5.74) is 6.15. The van der Waals surface area contributed by atoms with E-state index in [9.17, 15) is 19.2 Å². The van der Waals surface area contributed by atoms with E-state index in [-0.39, 0.29) is 23.7 Å². The summed E-state index contributed by atoms with van der Waals surface area (Å²) in [5, 5.41) is 0.754. The van der Waals surface area contributed by atoms with Crippen LogP contribution in [-0.2, 0) is 0 Å². The van der Waals surface area contributed by atoms with E-state index < -0.39 is 23.6 Å². The van der Waals surface area contributed by atoms with Crippen molar-refractivity contribution in [2.45, 2.75) is 79.1 Å². The molecule has 0 saturated heterocycles. The lowest BCUT2D eigenvalue weighted by Gasteiger charge is -2.35. The van der Waals surface area contributed by atoms with Crippen LogP contribution in [0, 0.1) is 0 Å². The molecule has 4 aromatic rings. The van der Waals surface area contributed by atoms with E-state index in [1.165, 1.54) is 9.80 Å². The first-order valence-corrected chi connectivity index (χ1v) is 15.5. The molecule has 0 saturated carbocycles. The number of amides is 4. The van der Waals surface area contributed by atoms with Crippen LogP contribution in [0.3, 0.4) is 0 Å². The smallest absolute Gasteiger partial charge is 0.266 e. The van der Waals surface area contributed by atoms with Crippen LogP contribution in [0.5, 0.6) is 0 Å². The van der Waals surface area contributed by atoms with E-state index in [0.717, 1.165) is 22.3 Å². The van der Waals surface area contributed by atoms with Crippen LogP contribution in [0.15, 0.2) is 60.7 Å². The molecule has 0 spiro atoms. The summed E-state index contributed by atoms with van der Waals surface area (Å²) in [4.78, 5) is 59.8. The largest absolute Gasteiger partial charge is 0.268 e. The Morgan fingerprint density at radius 1 is 0.386 bits per heavy atom. The van der Waals surface area contributed by atoms with Gasteiger partial charge in [-0.25, -0.2) is 9.80 Å². The highest BCUT2D eigenvalue weighted by atomic mass is 16.2. The van der Waals surface area contributed by atoms with Crippen LogP contribution >= 0.6 is 0 Å². The molecule has 0 aliphatic carbocycles. The van der Waals surface area contributed by atoms with Crippen molar-refractivity contribution < 1.29 is 19.2 Å². The summed E-state index contributed by atoms with van der Waals surface area (Å²) in [6, 6.07) is 18.4. The monoisotopic (exact) mass is 586 g/mol. The Hall–Kier alpha value is -4.58. The van der Waals surface area contributed by atoms with Crippen molar-refractivity contribution in [3.05, 3.63) is 105 Å². The van der Waals surface area contributed by atoms with Crippen LogP contribution in [0.4, 0.5) is 11.4 Å². The van der Waals surface area contributed by atoms with Crippen molar-refractivity contribution in [2.24, 2.45) is 0 Å². The second-order valence-corrected chi connectivity index (χ2v) is 13.2. The molecular formula is C38H38N2O4. The average molecular weight is 587 g/mol. The molecule has 0 atom stereocenters. The van der Waals surface area contributed by atoms with Gasteiger partial charge in [0.15, 0.2) is 0 Å². The maximum Gasteiger partial charge on any atom is 0.266 e. The number of benzene rings is 4. The quantitative estimate of drug-likeness (QED) is 0.211. The molecule has 0 bridgehead atoms. The minimum atomic E-state index is -0.448. The normalized spacial score (nSPS) is 14.8. The Morgan fingerprint density at radius 3 is 0.818 bits per heavy atom. The fourth-order valence-electron chi connectivity index (χ4n) is 6.82. The van der Waals surface area contributed by atoms with E-state index in [2.05, 4.69) is 0 Å². The molecule has 2 aliphatic rings. The molecule has 44 heavy (non-hydrogen) atoms. The highest BCUT2D eigenvalue weighted by Gasteiger charge is 2.42. The van der Waals surface area contributed by atoms with Crippen molar-refractivity contribution in [1.82, 2.24) is 0 Å². The lowest BCUT2D eigenvalue weighted by molar-refractivity contribution is 0.0872. The molecule has 6 nitrogen and oxygen atoms in total. The number of anilines is 2. The third-order valence-corrected chi connectivity index (χ3v) is 9.03. The number of imide groups is 2. The van der Waals surface area contributed by atoms with Gasteiger partial charge in [0.05, 0.1) is 11.4 Å². The Morgan fingerprint density at radius 2 is 0.614 bits per heavy atom. The SMILES string of the molecule is CC(C)c1cccc(C(C)C)c1N1C(=O)c2ccc3c4c(ccc(c24)C1=O)C(=O)N(c1c(C(C)C)cccc1C(C)C)C3=O. The van der Waals surface area contributed by atoms with Crippen molar-refractivity contribution in [2.75, 3.05) is 9.80 Å². The van der Waals surface area contributed by atoms with Crippen molar-refractivity contribution in [1.29, 1.82) is 0 Å². The van der Waals surface area contributed by atoms with Gasteiger partial charge < -0.3 is 0 Å². The molecule has 224 valence electrons. The van der Waals surface area contributed by atoms with Crippen LogP contribution in [0.25, 0.3) is 10.8 Å². The average Bonchev–Trinajstić information content (AvgIpc) is 2.98. The van der Waals surface area contributed by atoms with Crippen molar-refractivity contribution >= 4 is 45.8 Å². The molecule has 0 radical (unpaired) electrons. The summed E-state index contributed by atoms with van der Waals surface area (Å²) >= 11 is 0. The first-order chi connectivity index (χ1) is 20.9. The number of nitrogens with zero attached hydrogens (tertiary/aromatic N) is 2. The molecule has 2 aliphatic heterocycles. The molecule has 4 aromatic carbocycles. The van der Waals surface area contributed by atoms with Gasteiger partial charge in [0, 0.05) is 33.0 Å². The Bertz CT molecular complexity index is 1650. The Kier molecular flexibility index (Phi) is 7.07. The second-order valence-electron chi connectivity index (χ2n) is 13.2. The molecule has 0 fully saturated rings. The highest BCUT2D eigenvalue weighted by Crippen LogP contribution is 2.45. The fraction of sp³-hybridized carbons (Fsp3) is 0.316. The Balaban J connectivity index is 1.57. The molecule has 6 rings (SSSR count). The summed E-state index contributed by atoms with van der Waals surface area (Å²) in [6.07, 6.45) is 0. The number of carbonyl (C=O) groups is 4. The van der Waals surface area contributed by atoms with Gasteiger partial charge in [-0.15, -0.1) is 0 Å². The predicted octanol–water partition coefficient (Wildman–Crippen LogP) is 8.93. The van der Waals surface area contributed by atoms with Gasteiger partial charge in [0.25, 0.3) is 23.6 Å². The van der Waals surface area contributed by atoms with E-state index in [1.807, 2.05) is 91.8 Å². The van der Waals surface area contributed by atoms with Crippen molar-refractivity contribution in [3.63, 3.8) is 0 Å². The third kappa shape index (κ3) is 4.15. The number of hydrogen-bond donors (Lipinski definition) is 0. The van der Waals surface area contributed by atoms with Gasteiger partial charge in [-0.1, -0.05) is 91.8 Å². The lowest BCUT2D eigenvalue weighted by atomic mass is 9.83. The van der Waals surface area contributed by atoms with Gasteiger partial charge in [-0.05, 0) is 70.2 Å². The molecular weight excluding hydrogens is 548 g/mol. The van der Waals surface area contributed by atoms with Crippen LogP contribution in [-0.4, -0.2) is 23.6 Å². The van der Waals surface area contributed by atoms with Gasteiger partial charge in [-0.2, -0.15) is 0 Å². The molecule has 2 heterocycles. The minimum absolute atomic E-state index is 0.0757. The van der Waals surface area contributed by atoms with Crippen LogP contribution < -0.4 is 9.80 Å². The fourth-order valence-corrected chi connectivity index (χ4v) is 6.82. The third-order valence-electron chi connectivity index (χ3n) is 9.03. The van der Waals surface area contributed by atoms with E-state index >= 15 is 0 Å². The minimum Gasteiger partial charge on any atom is -0.268 e. The first-order valence-electron chi connectivity index (χ1n) is 15.5. The van der Waals surface area contributed by atoms with Crippen LogP contribution in [0.2, 0.25) is 0 Å². The van der Waals surface area contributed by atoms with E-state index in [1.54, 1.807) is 24.3 Å². The highest BCUT2D eigenvalue weighted by molar-refractivity contribution is 6.42. The zero-order valence-electron chi connectivity index (χ0n) is 26.6. The summed E-state index contributed by atoms with van der Waals surface area (Å²) in [7, 11) is 0. The van der Waals surface area contributed by atoms with Crippen LogP contribution in [0.1, 0.15) is 143 Å². The molecule has 0 N–H and O–H groups in total. The Labute approximate surface area is 258 Å². The maximum atomic E-state index is 14.3. The van der Waals surface area contributed by atoms with E-state index in [0.29, 0.717) is 44.4 Å². The molecule has 0 unspecified atom stereocenters. The van der Waals surface area contributed by atoms with Gasteiger partial charge >= 0.3 is 0 Å². The number of para-hydroxylation sites is 2. The molecule has 0 aromatic heterocycles.